The van der Waals surface area contributed by atoms with Crippen molar-refractivity contribution in [3.8, 4) is 5.88 Å². The topological polar surface area (TPSA) is 102 Å². The SMILES string of the molecule is Cc1cc(OCC(=O)Nc2cc(Cl)ccc2C(=O)O)no1. The summed E-state index contributed by atoms with van der Waals surface area (Å²) in [6.07, 6.45) is 0. The van der Waals surface area contributed by atoms with E-state index >= 15 is 0 Å². The van der Waals surface area contributed by atoms with Gasteiger partial charge >= 0.3 is 5.97 Å². The van der Waals surface area contributed by atoms with E-state index in [1.54, 1.807) is 6.92 Å². The number of carboxylic acids is 1. The van der Waals surface area contributed by atoms with Gasteiger partial charge in [0, 0.05) is 11.1 Å². The Hall–Kier alpha value is -2.54. The molecule has 0 fully saturated rings. The number of ether oxygens (including phenoxy) is 1. The second-order valence-electron chi connectivity index (χ2n) is 4.11. The van der Waals surface area contributed by atoms with Crippen molar-refractivity contribution in [3.63, 3.8) is 0 Å². The van der Waals surface area contributed by atoms with Gasteiger partial charge in [-0.2, -0.15) is 0 Å². The summed E-state index contributed by atoms with van der Waals surface area (Å²) in [6, 6.07) is 5.61. The van der Waals surface area contributed by atoms with Crippen LogP contribution in [0.15, 0.2) is 28.8 Å². The van der Waals surface area contributed by atoms with Crippen LogP contribution in [-0.4, -0.2) is 28.7 Å². The second-order valence-corrected chi connectivity index (χ2v) is 4.54. The fourth-order valence-corrected chi connectivity index (χ4v) is 1.72. The van der Waals surface area contributed by atoms with E-state index in [0.29, 0.717) is 10.8 Å². The first-order valence-corrected chi connectivity index (χ1v) is 6.22. The molecule has 8 heteroatoms. The van der Waals surface area contributed by atoms with E-state index in [2.05, 4.69) is 10.5 Å². The Morgan fingerprint density at radius 1 is 1.43 bits per heavy atom. The largest absolute Gasteiger partial charge is 0.478 e. The number of anilines is 1. The lowest BCUT2D eigenvalue weighted by Gasteiger charge is -2.09. The van der Waals surface area contributed by atoms with Gasteiger partial charge in [-0.05, 0) is 30.3 Å². The summed E-state index contributed by atoms with van der Waals surface area (Å²) in [5.41, 5.74) is 0.0324. The zero-order valence-corrected chi connectivity index (χ0v) is 11.7. The Balaban J connectivity index is 2.02. The van der Waals surface area contributed by atoms with Crippen molar-refractivity contribution < 1.29 is 24.0 Å². The normalized spacial score (nSPS) is 10.2. The third-order valence-corrected chi connectivity index (χ3v) is 2.68. The van der Waals surface area contributed by atoms with Crippen molar-refractivity contribution in [3.05, 3.63) is 40.6 Å². The number of amides is 1. The zero-order chi connectivity index (χ0) is 15.4. The van der Waals surface area contributed by atoms with Gasteiger partial charge in [0.1, 0.15) is 5.76 Å². The molecule has 0 saturated heterocycles. The number of hydrogen-bond acceptors (Lipinski definition) is 5. The highest BCUT2D eigenvalue weighted by Crippen LogP contribution is 2.21. The minimum atomic E-state index is -1.17. The number of rotatable bonds is 5. The lowest BCUT2D eigenvalue weighted by atomic mass is 10.2. The number of nitrogens with zero attached hydrogens (tertiary/aromatic N) is 1. The van der Waals surface area contributed by atoms with E-state index in [0.717, 1.165) is 0 Å². The van der Waals surface area contributed by atoms with Crippen molar-refractivity contribution >= 4 is 29.2 Å². The number of aromatic nitrogens is 1. The molecule has 7 nitrogen and oxygen atoms in total. The van der Waals surface area contributed by atoms with Crippen molar-refractivity contribution in [2.45, 2.75) is 6.92 Å². The molecule has 21 heavy (non-hydrogen) atoms. The molecule has 0 unspecified atom stereocenters. The van der Waals surface area contributed by atoms with E-state index < -0.39 is 11.9 Å². The summed E-state index contributed by atoms with van der Waals surface area (Å²) >= 11 is 5.78. The average Bonchev–Trinajstić information content (AvgIpc) is 2.82. The van der Waals surface area contributed by atoms with Crippen LogP contribution in [0.25, 0.3) is 0 Å². The van der Waals surface area contributed by atoms with E-state index in [9.17, 15) is 9.59 Å². The maximum Gasteiger partial charge on any atom is 0.337 e. The number of aromatic carboxylic acids is 1. The third kappa shape index (κ3) is 3.96. The maximum absolute atomic E-state index is 11.7. The molecule has 0 saturated carbocycles. The van der Waals surface area contributed by atoms with Gasteiger partial charge in [0.2, 0.25) is 0 Å². The zero-order valence-electron chi connectivity index (χ0n) is 10.9. The smallest absolute Gasteiger partial charge is 0.337 e. The molecule has 110 valence electrons. The monoisotopic (exact) mass is 310 g/mol. The first kappa shape index (κ1) is 14.9. The Bertz CT molecular complexity index is 683. The highest BCUT2D eigenvalue weighted by atomic mass is 35.5. The van der Waals surface area contributed by atoms with E-state index in [4.69, 9.17) is 26.0 Å². The molecular formula is C13H11ClN2O5. The summed E-state index contributed by atoms with van der Waals surface area (Å²) in [5, 5.41) is 15.3. The summed E-state index contributed by atoms with van der Waals surface area (Å²) in [6.45, 7) is 1.35. The van der Waals surface area contributed by atoms with Gasteiger partial charge in [0.05, 0.1) is 11.3 Å². The molecular weight excluding hydrogens is 300 g/mol. The molecule has 1 aromatic carbocycles. The van der Waals surface area contributed by atoms with Gasteiger partial charge < -0.3 is 19.7 Å². The minimum Gasteiger partial charge on any atom is -0.478 e. The molecule has 0 spiro atoms. The van der Waals surface area contributed by atoms with Crippen LogP contribution in [0.2, 0.25) is 5.02 Å². The highest BCUT2D eigenvalue weighted by molar-refractivity contribution is 6.31. The van der Waals surface area contributed by atoms with Crippen molar-refractivity contribution in [2.24, 2.45) is 0 Å². The predicted octanol–water partition coefficient (Wildman–Crippen LogP) is 2.35. The molecule has 2 aromatic rings. The minimum absolute atomic E-state index is 0.0648. The fraction of sp³-hybridized carbons (Fsp3) is 0.154. The number of hydrogen-bond donors (Lipinski definition) is 2. The van der Waals surface area contributed by atoms with Gasteiger partial charge in [-0.3, -0.25) is 4.79 Å². The summed E-state index contributed by atoms with van der Waals surface area (Å²) in [7, 11) is 0. The standard InChI is InChI=1S/C13H11ClN2O5/c1-7-4-12(16-21-7)20-6-11(17)15-10-5-8(14)2-3-9(10)13(18)19/h2-5H,6H2,1H3,(H,15,17)(H,18,19). The van der Waals surface area contributed by atoms with Crippen LogP contribution in [0.3, 0.4) is 0 Å². The average molecular weight is 311 g/mol. The predicted molar refractivity (Wildman–Crippen MR) is 73.8 cm³/mol. The first-order valence-electron chi connectivity index (χ1n) is 5.84. The number of benzene rings is 1. The van der Waals surface area contributed by atoms with Crippen LogP contribution in [0, 0.1) is 6.92 Å². The second kappa shape index (κ2) is 6.27. The quantitative estimate of drug-likeness (QED) is 0.879. The number of carbonyl (C=O) groups excluding carboxylic acids is 1. The van der Waals surface area contributed by atoms with Crippen molar-refractivity contribution in [1.82, 2.24) is 5.16 Å². The molecule has 0 radical (unpaired) electrons. The number of halogens is 1. The molecule has 0 aliphatic heterocycles. The molecule has 0 aliphatic rings. The third-order valence-electron chi connectivity index (χ3n) is 2.44. The Morgan fingerprint density at radius 3 is 2.81 bits per heavy atom. The summed E-state index contributed by atoms with van der Waals surface area (Å²) in [5.74, 6) is -0.990. The van der Waals surface area contributed by atoms with Gasteiger partial charge in [-0.15, -0.1) is 0 Å². The van der Waals surface area contributed by atoms with Crippen molar-refractivity contribution in [2.75, 3.05) is 11.9 Å². The lowest BCUT2D eigenvalue weighted by Crippen LogP contribution is -2.21. The van der Waals surface area contributed by atoms with Crippen LogP contribution < -0.4 is 10.1 Å². The summed E-state index contributed by atoms with van der Waals surface area (Å²) < 4.78 is 9.87. The van der Waals surface area contributed by atoms with Crippen molar-refractivity contribution in [1.29, 1.82) is 0 Å². The molecule has 2 rings (SSSR count). The Kier molecular flexibility index (Phi) is 4.44. The van der Waals surface area contributed by atoms with Crippen LogP contribution in [0.5, 0.6) is 5.88 Å². The molecule has 1 heterocycles. The van der Waals surface area contributed by atoms with Gasteiger partial charge in [0.25, 0.3) is 11.8 Å². The number of carboxylic acid groups (broad SMARTS) is 1. The lowest BCUT2D eigenvalue weighted by molar-refractivity contribution is -0.118. The first-order chi connectivity index (χ1) is 9.95. The molecule has 1 amide bonds. The van der Waals surface area contributed by atoms with Gasteiger partial charge in [0.15, 0.2) is 6.61 Å². The number of carbonyl (C=O) groups is 2. The van der Waals surface area contributed by atoms with Crippen LogP contribution in [0.4, 0.5) is 5.69 Å². The molecule has 0 atom stereocenters. The molecule has 2 N–H and O–H groups in total. The van der Waals surface area contributed by atoms with Crippen LogP contribution in [-0.2, 0) is 4.79 Å². The van der Waals surface area contributed by atoms with E-state index in [1.165, 1.54) is 24.3 Å². The van der Waals surface area contributed by atoms with E-state index in [1.807, 2.05) is 0 Å². The Labute approximate surface area is 124 Å². The van der Waals surface area contributed by atoms with Gasteiger partial charge in [-0.1, -0.05) is 11.6 Å². The number of nitrogens with one attached hydrogen (secondary N) is 1. The molecule has 0 aliphatic carbocycles. The molecule has 1 aromatic heterocycles. The maximum atomic E-state index is 11.7. The highest BCUT2D eigenvalue weighted by Gasteiger charge is 2.14. The Morgan fingerprint density at radius 2 is 2.19 bits per heavy atom. The van der Waals surface area contributed by atoms with Crippen LogP contribution >= 0.6 is 11.6 Å². The number of aryl methyl sites for hydroxylation is 1. The van der Waals surface area contributed by atoms with E-state index in [-0.39, 0.29) is 23.7 Å². The van der Waals surface area contributed by atoms with Gasteiger partial charge in [-0.25, -0.2) is 4.79 Å². The van der Waals surface area contributed by atoms with Crippen LogP contribution in [0.1, 0.15) is 16.1 Å². The molecule has 0 bridgehead atoms. The summed E-state index contributed by atoms with van der Waals surface area (Å²) in [4.78, 5) is 22.8. The fourth-order valence-electron chi connectivity index (χ4n) is 1.54.